The summed E-state index contributed by atoms with van der Waals surface area (Å²) in [5.74, 6) is -1.10. The molecular weight excluding hydrogens is 355 g/mol. The van der Waals surface area contributed by atoms with Crippen molar-refractivity contribution in [3.05, 3.63) is 29.3 Å². The topological polar surface area (TPSA) is 63.2 Å². The molecule has 0 aromatic heterocycles. The van der Waals surface area contributed by atoms with Crippen LogP contribution in [0, 0.1) is 0 Å². The first-order valence-electron chi connectivity index (χ1n) is 6.94. The number of rotatable bonds is 4. The largest absolute Gasteiger partial charge is 0.405 e. The molecule has 1 fully saturated rings. The molecule has 4 nitrogen and oxygen atoms in total. The zero-order valence-electron chi connectivity index (χ0n) is 12.0. The van der Waals surface area contributed by atoms with E-state index in [2.05, 4.69) is 0 Å². The zero-order chi connectivity index (χ0) is 17.3. The Morgan fingerprint density at radius 1 is 1.17 bits per heavy atom. The fourth-order valence-electron chi connectivity index (χ4n) is 2.74. The lowest BCUT2D eigenvalue weighted by Gasteiger charge is -2.28. The van der Waals surface area contributed by atoms with Gasteiger partial charge in [-0.15, -0.1) is 0 Å². The molecule has 0 bridgehead atoms. The number of nitrogens with one attached hydrogen (secondary N) is 1. The van der Waals surface area contributed by atoms with Crippen LogP contribution in [0.5, 0.6) is 0 Å². The first kappa shape index (κ1) is 18.1. The van der Waals surface area contributed by atoms with Gasteiger partial charge in [0.15, 0.2) is 14.6 Å². The van der Waals surface area contributed by atoms with E-state index in [4.69, 9.17) is 11.6 Å². The van der Waals surface area contributed by atoms with Crippen LogP contribution in [-0.4, -0.2) is 31.8 Å². The minimum absolute atomic E-state index is 0.00164. The third kappa shape index (κ3) is 3.63. The molecule has 9 heteroatoms. The van der Waals surface area contributed by atoms with Gasteiger partial charge in [-0.3, -0.25) is 4.79 Å². The van der Waals surface area contributed by atoms with Crippen LogP contribution >= 0.6 is 11.6 Å². The molecule has 23 heavy (non-hydrogen) atoms. The molecule has 128 valence electrons. The van der Waals surface area contributed by atoms with Crippen molar-refractivity contribution in [2.24, 2.45) is 0 Å². The maximum Gasteiger partial charge on any atom is 0.405 e. The maximum absolute atomic E-state index is 12.8. The van der Waals surface area contributed by atoms with Crippen molar-refractivity contribution in [1.29, 1.82) is 0 Å². The van der Waals surface area contributed by atoms with Crippen LogP contribution in [0.4, 0.5) is 13.2 Å². The van der Waals surface area contributed by atoms with Crippen molar-refractivity contribution in [1.82, 2.24) is 5.32 Å². The average Bonchev–Trinajstić information content (AvgIpc) is 2.95. The standard InChI is InChI=1S/C14H15ClF3NO3S/c15-10-3-5-11(6-4-10)23(21,22)13(7-1-2-8-13)12(20)19-9-14(16,17)18/h3-6H,1-2,7-9H2,(H,19,20). The minimum Gasteiger partial charge on any atom is -0.346 e. The Morgan fingerprint density at radius 2 is 1.70 bits per heavy atom. The Balaban J connectivity index is 2.36. The van der Waals surface area contributed by atoms with Crippen molar-refractivity contribution in [2.45, 2.75) is 41.5 Å². The number of sulfone groups is 1. The van der Waals surface area contributed by atoms with E-state index in [1.165, 1.54) is 24.3 Å². The van der Waals surface area contributed by atoms with Gasteiger partial charge in [0.05, 0.1) is 4.90 Å². The molecule has 0 atom stereocenters. The summed E-state index contributed by atoms with van der Waals surface area (Å²) in [5, 5.41) is 2.05. The van der Waals surface area contributed by atoms with Gasteiger partial charge in [0.2, 0.25) is 5.91 Å². The number of amides is 1. The van der Waals surface area contributed by atoms with Gasteiger partial charge in [0.1, 0.15) is 6.54 Å². The second-order valence-electron chi connectivity index (χ2n) is 5.46. The Labute approximate surface area is 136 Å². The maximum atomic E-state index is 12.8. The van der Waals surface area contributed by atoms with Crippen molar-refractivity contribution >= 4 is 27.3 Å². The van der Waals surface area contributed by atoms with Crippen molar-refractivity contribution in [3.63, 3.8) is 0 Å². The van der Waals surface area contributed by atoms with Crippen LogP contribution in [0.25, 0.3) is 0 Å². The number of halogens is 4. The summed E-state index contributed by atoms with van der Waals surface area (Å²) in [4.78, 5) is 12.2. The number of hydrogen-bond donors (Lipinski definition) is 1. The lowest BCUT2D eigenvalue weighted by Crippen LogP contribution is -2.52. The summed E-state index contributed by atoms with van der Waals surface area (Å²) in [6, 6.07) is 5.25. The van der Waals surface area contributed by atoms with Crippen molar-refractivity contribution < 1.29 is 26.4 Å². The summed E-state index contributed by atoms with van der Waals surface area (Å²) >= 11 is 5.72. The van der Waals surface area contributed by atoms with Crippen LogP contribution in [0.2, 0.25) is 5.02 Å². The molecule has 1 aliphatic rings. The molecule has 0 radical (unpaired) electrons. The molecule has 1 amide bonds. The van der Waals surface area contributed by atoms with E-state index < -0.39 is 33.2 Å². The molecule has 1 aromatic carbocycles. The fourth-order valence-corrected chi connectivity index (χ4v) is 4.96. The van der Waals surface area contributed by atoms with Gasteiger partial charge < -0.3 is 5.32 Å². The van der Waals surface area contributed by atoms with Crippen molar-refractivity contribution in [3.8, 4) is 0 Å². The molecule has 1 N–H and O–H groups in total. The van der Waals surface area contributed by atoms with Gasteiger partial charge in [0.25, 0.3) is 0 Å². The number of alkyl halides is 3. The minimum atomic E-state index is -4.60. The van der Waals surface area contributed by atoms with E-state index in [1.54, 1.807) is 5.32 Å². The second kappa shape index (κ2) is 6.32. The lowest BCUT2D eigenvalue weighted by molar-refractivity contribution is -0.139. The smallest absolute Gasteiger partial charge is 0.346 e. The van der Waals surface area contributed by atoms with E-state index in [0.29, 0.717) is 17.9 Å². The summed E-state index contributed by atoms with van der Waals surface area (Å²) in [5.41, 5.74) is 0. The Morgan fingerprint density at radius 3 is 2.17 bits per heavy atom. The Bertz CT molecular complexity index is 680. The van der Waals surface area contributed by atoms with E-state index in [1.807, 2.05) is 0 Å². The van der Waals surface area contributed by atoms with Gasteiger partial charge in [-0.2, -0.15) is 13.2 Å². The SMILES string of the molecule is O=C(NCC(F)(F)F)C1(S(=O)(=O)c2ccc(Cl)cc2)CCCC1. The summed E-state index contributed by atoms with van der Waals surface area (Å²) in [6.45, 7) is -1.55. The quantitative estimate of drug-likeness (QED) is 0.887. The van der Waals surface area contributed by atoms with Gasteiger partial charge in [-0.1, -0.05) is 24.4 Å². The van der Waals surface area contributed by atoms with Crippen LogP contribution in [0.15, 0.2) is 29.2 Å². The highest BCUT2D eigenvalue weighted by Gasteiger charge is 2.53. The normalized spacial score (nSPS) is 17.9. The molecular formula is C14H15ClF3NO3S. The predicted molar refractivity (Wildman–Crippen MR) is 78.9 cm³/mol. The van der Waals surface area contributed by atoms with Crippen LogP contribution in [0.3, 0.4) is 0 Å². The fraction of sp³-hybridized carbons (Fsp3) is 0.500. The molecule has 0 saturated heterocycles. The summed E-state index contributed by atoms with van der Waals surface area (Å²) in [6.07, 6.45) is -3.67. The highest BCUT2D eigenvalue weighted by Crippen LogP contribution is 2.41. The highest BCUT2D eigenvalue weighted by atomic mass is 35.5. The predicted octanol–water partition coefficient (Wildman–Crippen LogP) is 3.11. The Hall–Kier alpha value is -1.28. The van der Waals surface area contributed by atoms with Gasteiger partial charge in [0, 0.05) is 5.02 Å². The third-order valence-corrected chi connectivity index (χ3v) is 6.68. The lowest BCUT2D eigenvalue weighted by atomic mass is 10.1. The molecule has 0 unspecified atom stereocenters. The van der Waals surface area contributed by atoms with Crippen LogP contribution < -0.4 is 5.32 Å². The number of carbonyl (C=O) groups excluding carboxylic acids is 1. The highest BCUT2D eigenvalue weighted by molar-refractivity contribution is 7.93. The van der Waals surface area contributed by atoms with E-state index >= 15 is 0 Å². The third-order valence-electron chi connectivity index (χ3n) is 3.91. The molecule has 0 aliphatic heterocycles. The van der Waals surface area contributed by atoms with Gasteiger partial charge in [-0.05, 0) is 37.1 Å². The zero-order valence-corrected chi connectivity index (χ0v) is 13.6. The Kier molecular flexibility index (Phi) is 4.96. The van der Waals surface area contributed by atoms with Crippen LogP contribution in [0.1, 0.15) is 25.7 Å². The number of carbonyl (C=O) groups is 1. The van der Waals surface area contributed by atoms with E-state index in [-0.39, 0.29) is 17.7 Å². The molecule has 0 spiro atoms. The van der Waals surface area contributed by atoms with Crippen molar-refractivity contribution in [2.75, 3.05) is 6.54 Å². The molecule has 1 aliphatic carbocycles. The van der Waals surface area contributed by atoms with Crippen LogP contribution in [-0.2, 0) is 14.6 Å². The molecule has 1 aromatic rings. The first-order valence-corrected chi connectivity index (χ1v) is 8.80. The monoisotopic (exact) mass is 369 g/mol. The average molecular weight is 370 g/mol. The molecule has 2 rings (SSSR count). The van der Waals surface area contributed by atoms with E-state index in [9.17, 15) is 26.4 Å². The second-order valence-corrected chi connectivity index (χ2v) is 8.15. The summed E-state index contributed by atoms with van der Waals surface area (Å²) in [7, 11) is -4.12. The first-order chi connectivity index (χ1) is 10.6. The number of benzene rings is 1. The van der Waals surface area contributed by atoms with Gasteiger partial charge in [-0.25, -0.2) is 8.42 Å². The number of hydrogen-bond acceptors (Lipinski definition) is 3. The molecule has 1 saturated carbocycles. The summed E-state index contributed by atoms with van der Waals surface area (Å²) < 4.78 is 60.8. The van der Waals surface area contributed by atoms with Gasteiger partial charge >= 0.3 is 6.18 Å². The van der Waals surface area contributed by atoms with E-state index in [0.717, 1.165) is 0 Å². The molecule has 0 heterocycles.